The highest BCUT2D eigenvalue weighted by atomic mass is 19.1. The largest absolute Gasteiger partial charge is 0.451 e. The Bertz CT molecular complexity index is 1060. The van der Waals surface area contributed by atoms with Crippen molar-refractivity contribution in [2.24, 2.45) is 0 Å². The fourth-order valence-electron chi connectivity index (χ4n) is 2.61. The zero-order chi connectivity index (χ0) is 18.6. The van der Waals surface area contributed by atoms with Gasteiger partial charge >= 0.3 is 0 Å². The highest BCUT2D eigenvalue weighted by Gasteiger charge is 2.12. The summed E-state index contributed by atoms with van der Waals surface area (Å²) in [5.74, 6) is 0.764. The van der Waals surface area contributed by atoms with Crippen molar-refractivity contribution in [3.05, 3.63) is 90.6 Å². The Hall–Kier alpha value is -3.74. The molecule has 4 aromatic rings. The number of nitrogens with one attached hydrogen (secondary N) is 1. The molecular weight excluding hydrogens is 347 g/mol. The van der Waals surface area contributed by atoms with Gasteiger partial charge in [0.05, 0.1) is 0 Å². The lowest BCUT2D eigenvalue weighted by Gasteiger charge is -2.06. The van der Waals surface area contributed by atoms with Gasteiger partial charge in [-0.1, -0.05) is 0 Å². The minimum Gasteiger partial charge on any atom is -0.451 e. The van der Waals surface area contributed by atoms with Gasteiger partial charge in [-0.15, -0.1) is 0 Å². The molecule has 0 bridgehead atoms. The first kappa shape index (κ1) is 16.7. The van der Waals surface area contributed by atoms with Gasteiger partial charge in [0.25, 0.3) is 5.91 Å². The van der Waals surface area contributed by atoms with E-state index in [1.807, 2.05) is 12.1 Å². The zero-order valence-corrected chi connectivity index (χ0v) is 14.2. The van der Waals surface area contributed by atoms with Gasteiger partial charge in [0.15, 0.2) is 5.76 Å². The van der Waals surface area contributed by atoms with Gasteiger partial charge in [0, 0.05) is 30.7 Å². The van der Waals surface area contributed by atoms with Crippen molar-refractivity contribution in [1.82, 2.24) is 19.9 Å². The standard InChI is InChI=1S/C20H15FN4O2/c21-16-3-1-15(2-4-16)17-5-6-18(27-17)20(26)24-12-14-7-8-23-19(11-14)25-10-9-22-13-25/h1-11,13H,12H2,(H,24,26). The molecule has 7 heteroatoms. The number of halogens is 1. The lowest BCUT2D eigenvalue weighted by molar-refractivity contribution is 0.0924. The summed E-state index contributed by atoms with van der Waals surface area (Å²) in [4.78, 5) is 20.6. The highest BCUT2D eigenvalue weighted by molar-refractivity contribution is 5.92. The summed E-state index contributed by atoms with van der Waals surface area (Å²) < 4.78 is 20.4. The highest BCUT2D eigenvalue weighted by Crippen LogP contribution is 2.22. The quantitative estimate of drug-likeness (QED) is 0.589. The number of furan rings is 1. The van der Waals surface area contributed by atoms with Crippen molar-refractivity contribution < 1.29 is 13.6 Å². The van der Waals surface area contributed by atoms with Crippen LogP contribution in [-0.4, -0.2) is 20.4 Å². The number of carbonyl (C=O) groups is 1. The van der Waals surface area contributed by atoms with Crippen LogP contribution < -0.4 is 5.32 Å². The van der Waals surface area contributed by atoms with Crippen LogP contribution >= 0.6 is 0 Å². The van der Waals surface area contributed by atoms with Gasteiger partial charge in [-0.2, -0.15) is 0 Å². The third-order valence-electron chi connectivity index (χ3n) is 3.99. The first-order valence-electron chi connectivity index (χ1n) is 8.26. The van der Waals surface area contributed by atoms with Crippen LogP contribution in [0.15, 0.2) is 77.9 Å². The molecule has 0 fully saturated rings. The molecule has 6 nitrogen and oxygen atoms in total. The SMILES string of the molecule is O=C(NCc1ccnc(-n2ccnc2)c1)c1ccc(-c2ccc(F)cc2)o1. The monoisotopic (exact) mass is 362 g/mol. The number of carbonyl (C=O) groups excluding carboxylic acids is 1. The van der Waals surface area contributed by atoms with E-state index in [9.17, 15) is 9.18 Å². The fraction of sp³-hybridized carbons (Fsp3) is 0.0500. The van der Waals surface area contributed by atoms with Crippen LogP contribution in [0.2, 0.25) is 0 Å². The van der Waals surface area contributed by atoms with Crippen molar-refractivity contribution >= 4 is 5.91 Å². The molecule has 0 saturated heterocycles. The minimum atomic E-state index is -0.329. The van der Waals surface area contributed by atoms with Crippen molar-refractivity contribution in [1.29, 1.82) is 0 Å². The van der Waals surface area contributed by atoms with Crippen molar-refractivity contribution in [2.75, 3.05) is 0 Å². The average Bonchev–Trinajstić information content (AvgIpc) is 3.39. The summed E-state index contributed by atoms with van der Waals surface area (Å²) in [5.41, 5.74) is 1.60. The van der Waals surface area contributed by atoms with Crippen molar-refractivity contribution in [3.8, 4) is 17.1 Å². The number of rotatable bonds is 5. The summed E-state index contributed by atoms with van der Waals surface area (Å²) in [5, 5.41) is 2.82. The third kappa shape index (κ3) is 3.77. The van der Waals surface area contributed by atoms with E-state index in [0.29, 0.717) is 17.9 Å². The number of pyridine rings is 1. The van der Waals surface area contributed by atoms with Crippen molar-refractivity contribution in [3.63, 3.8) is 0 Å². The molecule has 1 N–H and O–H groups in total. The van der Waals surface area contributed by atoms with Gasteiger partial charge in [-0.3, -0.25) is 9.36 Å². The summed E-state index contributed by atoms with van der Waals surface area (Å²) in [6.45, 7) is 0.329. The fourth-order valence-corrected chi connectivity index (χ4v) is 2.61. The molecule has 0 unspecified atom stereocenters. The molecule has 4 rings (SSSR count). The molecule has 0 aliphatic heterocycles. The van der Waals surface area contributed by atoms with Crippen molar-refractivity contribution in [2.45, 2.75) is 6.54 Å². The maximum absolute atomic E-state index is 13.0. The Balaban J connectivity index is 1.43. The number of benzene rings is 1. The second-order valence-electron chi connectivity index (χ2n) is 5.85. The maximum atomic E-state index is 13.0. The van der Waals surface area contributed by atoms with E-state index in [1.54, 1.807) is 53.8 Å². The van der Waals surface area contributed by atoms with Gasteiger partial charge in [0.1, 0.15) is 23.7 Å². The molecule has 0 atom stereocenters. The van der Waals surface area contributed by atoms with Crippen LogP contribution in [-0.2, 0) is 6.54 Å². The summed E-state index contributed by atoms with van der Waals surface area (Å²) in [6.07, 6.45) is 6.80. The summed E-state index contributed by atoms with van der Waals surface area (Å²) in [7, 11) is 0. The molecule has 134 valence electrons. The Morgan fingerprint density at radius 3 is 2.74 bits per heavy atom. The molecule has 0 aliphatic rings. The molecule has 0 saturated carbocycles. The number of hydrogen-bond acceptors (Lipinski definition) is 4. The first-order valence-corrected chi connectivity index (χ1v) is 8.26. The van der Waals surface area contributed by atoms with E-state index >= 15 is 0 Å². The topological polar surface area (TPSA) is 73.0 Å². The first-order chi connectivity index (χ1) is 13.2. The summed E-state index contributed by atoms with van der Waals surface area (Å²) in [6, 6.07) is 12.9. The zero-order valence-electron chi connectivity index (χ0n) is 14.2. The van der Waals surface area contributed by atoms with E-state index in [2.05, 4.69) is 15.3 Å². The van der Waals surface area contributed by atoms with E-state index in [0.717, 1.165) is 11.4 Å². The van der Waals surface area contributed by atoms with Crippen LogP contribution in [0.5, 0.6) is 0 Å². The Morgan fingerprint density at radius 1 is 1.11 bits per heavy atom. The number of imidazole rings is 1. The van der Waals surface area contributed by atoms with E-state index < -0.39 is 0 Å². The Morgan fingerprint density at radius 2 is 1.96 bits per heavy atom. The predicted molar refractivity (Wildman–Crippen MR) is 96.6 cm³/mol. The summed E-state index contributed by atoms with van der Waals surface area (Å²) >= 11 is 0. The molecule has 3 aromatic heterocycles. The van der Waals surface area contributed by atoms with E-state index in [1.165, 1.54) is 12.1 Å². The second-order valence-corrected chi connectivity index (χ2v) is 5.85. The average molecular weight is 362 g/mol. The van der Waals surface area contributed by atoms with Gasteiger partial charge in [-0.05, 0) is 54.1 Å². The Kier molecular flexibility index (Phi) is 4.49. The molecular formula is C20H15FN4O2. The van der Waals surface area contributed by atoms with Gasteiger partial charge < -0.3 is 9.73 Å². The molecule has 0 spiro atoms. The van der Waals surface area contributed by atoms with Gasteiger partial charge in [0.2, 0.25) is 0 Å². The number of amides is 1. The Labute approximate surface area is 154 Å². The molecule has 27 heavy (non-hydrogen) atoms. The van der Waals surface area contributed by atoms with Gasteiger partial charge in [-0.25, -0.2) is 14.4 Å². The lowest BCUT2D eigenvalue weighted by atomic mass is 10.2. The minimum absolute atomic E-state index is 0.193. The van der Waals surface area contributed by atoms with Crippen LogP contribution in [0.3, 0.4) is 0 Å². The third-order valence-corrected chi connectivity index (χ3v) is 3.99. The second kappa shape index (κ2) is 7.25. The number of nitrogens with zero attached hydrogens (tertiary/aromatic N) is 3. The smallest absolute Gasteiger partial charge is 0.287 e. The molecule has 1 amide bonds. The molecule has 1 aromatic carbocycles. The van der Waals surface area contributed by atoms with Crippen LogP contribution in [0, 0.1) is 5.82 Å². The predicted octanol–water partition coefficient (Wildman–Crippen LogP) is 3.60. The molecule has 0 radical (unpaired) electrons. The van der Waals surface area contributed by atoms with E-state index in [4.69, 9.17) is 4.42 Å². The van der Waals surface area contributed by atoms with Crippen LogP contribution in [0.25, 0.3) is 17.1 Å². The molecule has 3 heterocycles. The number of hydrogen-bond donors (Lipinski definition) is 1. The lowest BCUT2D eigenvalue weighted by Crippen LogP contribution is -2.22. The van der Waals surface area contributed by atoms with Crippen LogP contribution in [0.1, 0.15) is 16.1 Å². The van der Waals surface area contributed by atoms with Crippen LogP contribution in [0.4, 0.5) is 4.39 Å². The molecule has 0 aliphatic carbocycles. The normalized spacial score (nSPS) is 10.7. The van der Waals surface area contributed by atoms with E-state index in [-0.39, 0.29) is 17.5 Å². The maximum Gasteiger partial charge on any atom is 0.287 e. The number of aromatic nitrogens is 3.